The number of aromatic nitrogens is 1. The molecule has 2 aliphatic heterocycles. The average Bonchev–Trinajstić information content (AvgIpc) is 3.84. The second-order valence-corrected chi connectivity index (χ2v) is 15.5. The van der Waals surface area contributed by atoms with Crippen molar-refractivity contribution in [3.05, 3.63) is 146 Å². The van der Waals surface area contributed by atoms with Gasteiger partial charge in [0, 0.05) is 61.2 Å². The van der Waals surface area contributed by atoms with E-state index in [4.69, 9.17) is 9.72 Å². The van der Waals surface area contributed by atoms with Gasteiger partial charge in [0.05, 0.1) is 5.69 Å². The van der Waals surface area contributed by atoms with E-state index in [2.05, 4.69) is 157 Å². The molecular formula is C46H39N4OPt-3. The third-order valence-electron chi connectivity index (χ3n) is 11.3. The number of hydrogen-bond donors (Lipinski definition) is 0. The van der Waals surface area contributed by atoms with Crippen molar-refractivity contribution in [2.24, 2.45) is 5.92 Å². The molecule has 0 radical (unpaired) electrons. The Hall–Kier alpha value is -4.86. The molecule has 6 heteroatoms. The molecule has 3 heterocycles. The van der Waals surface area contributed by atoms with Gasteiger partial charge in [-0.25, -0.2) is 4.98 Å². The van der Waals surface area contributed by atoms with Crippen molar-refractivity contribution < 1.29 is 25.8 Å². The van der Waals surface area contributed by atoms with Crippen LogP contribution in [0.2, 0.25) is 0 Å². The SMILES string of the molecule is CC(C)(C)c1ccnc(N2c3[c-]c(Oc4[c-]c(N5[CH-]N(C67CCC(C6)C7)c6ccccc65)ccc4)ccc3-c3ccccc3-c3ccccc32)c1.[Pt]. The molecule has 11 rings (SSSR count). The van der Waals surface area contributed by atoms with Gasteiger partial charge in [0.15, 0.2) is 0 Å². The van der Waals surface area contributed by atoms with E-state index < -0.39 is 0 Å². The van der Waals surface area contributed by atoms with E-state index in [1.807, 2.05) is 18.3 Å². The maximum atomic E-state index is 6.65. The number of benzene rings is 5. The molecule has 262 valence electrons. The predicted molar refractivity (Wildman–Crippen MR) is 206 cm³/mol. The van der Waals surface area contributed by atoms with Crippen molar-refractivity contribution in [1.82, 2.24) is 4.98 Å². The van der Waals surface area contributed by atoms with Gasteiger partial charge in [-0.3, -0.25) is 0 Å². The quantitative estimate of drug-likeness (QED) is 0.161. The van der Waals surface area contributed by atoms with Crippen molar-refractivity contribution >= 4 is 34.3 Å². The largest absolute Gasteiger partial charge is 0.509 e. The summed E-state index contributed by atoms with van der Waals surface area (Å²) in [5, 5.41) is 0. The minimum Gasteiger partial charge on any atom is -0.509 e. The van der Waals surface area contributed by atoms with Crippen LogP contribution >= 0.6 is 0 Å². The number of para-hydroxylation sites is 3. The molecule has 3 aliphatic carbocycles. The summed E-state index contributed by atoms with van der Waals surface area (Å²) in [5.41, 5.74) is 11.4. The van der Waals surface area contributed by atoms with Gasteiger partial charge in [-0.2, -0.15) is 18.8 Å². The van der Waals surface area contributed by atoms with Crippen molar-refractivity contribution in [3.8, 4) is 33.8 Å². The van der Waals surface area contributed by atoms with E-state index in [-0.39, 0.29) is 32.0 Å². The number of nitrogens with zero attached hydrogens (tertiary/aromatic N) is 4. The molecule has 0 N–H and O–H groups in total. The summed E-state index contributed by atoms with van der Waals surface area (Å²) in [7, 11) is 0. The molecular weight excluding hydrogens is 820 g/mol. The summed E-state index contributed by atoms with van der Waals surface area (Å²) in [5.74, 6) is 2.99. The molecule has 6 aromatic rings. The van der Waals surface area contributed by atoms with Crippen LogP contribution < -0.4 is 19.4 Å². The first-order chi connectivity index (χ1) is 24.8. The van der Waals surface area contributed by atoms with E-state index >= 15 is 0 Å². The van der Waals surface area contributed by atoms with E-state index in [1.54, 1.807) is 0 Å². The Bertz CT molecular complexity index is 2320. The number of ether oxygens (including phenoxy) is 1. The molecule has 3 saturated carbocycles. The Kier molecular flexibility index (Phi) is 7.86. The van der Waals surface area contributed by atoms with E-state index in [0.717, 1.165) is 45.5 Å². The fourth-order valence-electron chi connectivity index (χ4n) is 8.78. The average molecular weight is 859 g/mol. The molecule has 0 atom stereocenters. The number of rotatable bonds is 5. The van der Waals surface area contributed by atoms with Crippen LogP contribution in [0.15, 0.2) is 121 Å². The Balaban J connectivity index is 0.00000360. The predicted octanol–water partition coefficient (Wildman–Crippen LogP) is 11.9. The summed E-state index contributed by atoms with van der Waals surface area (Å²) < 4.78 is 6.65. The van der Waals surface area contributed by atoms with Crippen LogP contribution in [0, 0.1) is 24.7 Å². The Morgan fingerprint density at radius 2 is 1.42 bits per heavy atom. The molecule has 0 saturated heterocycles. The first-order valence-electron chi connectivity index (χ1n) is 18.1. The molecule has 5 aliphatic rings. The molecule has 0 spiro atoms. The normalized spacial score (nSPS) is 19.4. The van der Waals surface area contributed by atoms with Crippen molar-refractivity contribution in [2.45, 2.75) is 57.4 Å². The van der Waals surface area contributed by atoms with Crippen LogP contribution in [0.3, 0.4) is 0 Å². The Labute approximate surface area is 321 Å². The van der Waals surface area contributed by atoms with Gasteiger partial charge in [0.25, 0.3) is 0 Å². The topological polar surface area (TPSA) is 31.8 Å². The Morgan fingerprint density at radius 1 is 0.731 bits per heavy atom. The van der Waals surface area contributed by atoms with Crippen LogP contribution in [0.25, 0.3) is 22.3 Å². The van der Waals surface area contributed by atoms with E-state index in [0.29, 0.717) is 11.5 Å². The fraction of sp³-hybridized carbons (Fsp3) is 0.217. The second-order valence-electron chi connectivity index (χ2n) is 15.5. The number of fused-ring (bicyclic) bond motifs is 7. The minimum absolute atomic E-state index is 0. The third-order valence-corrected chi connectivity index (χ3v) is 11.3. The van der Waals surface area contributed by atoms with Crippen LogP contribution in [0.5, 0.6) is 11.5 Å². The van der Waals surface area contributed by atoms with Crippen molar-refractivity contribution in [3.63, 3.8) is 0 Å². The summed E-state index contributed by atoms with van der Waals surface area (Å²) in [6, 6.07) is 47.9. The fourth-order valence-corrected chi connectivity index (χ4v) is 8.78. The second kappa shape index (κ2) is 12.4. The maximum absolute atomic E-state index is 6.65. The minimum atomic E-state index is -0.0359. The monoisotopic (exact) mass is 858 g/mol. The smallest absolute Gasteiger partial charge is 0.135 e. The van der Waals surface area contributed by atoms with Crippen molar-refractivity contribution in [2.75, 3.05) is 14.7 Å². The first-order valence-corrected chi connectivity index (χ1v) is 18.1. The zero-order valence-electron chi connectivity index (χ0n) is 29.5. The molecule has 0 unspecified atom stereocenters. The number of hydrogen-bond acceptors (Lipinski definition) is 5. The summed E-state index contributed by atoms with van der Waals surface area (Å²) in [6.07, 6.45) is 7.09. The third kappa shape index (κ3) is 5.27. The maximum Gasteiger partial charge on any atom is 0.135 e. The first kappa shape index (κ1) is 33.0. The summed E-state index contributed by atoms with van der Waals surface area (Å²) >= 11 is 0. The molecule has 5 aromatic carbocycles. The molecule has 5 nitrogen and oxygen atoms in total. The van der Waals surface area contributed by atoms with Crippen molar-refractivity contribution in [1.29, 1.82) is 0 Å². The zero-order valence-corrected chi connectivity index (χ0v) is 31.8. The van der Waals surface area contributed by atoms with Gasteiger partial charge >= 0.3 is 0 Å². The van der Waals surface area contributed by atoms with Gasteiger partial charge in [0.1, 0.15) is 5.82 Å². The molecule has 2 bridgehead atoms. The molecule has 1 aromatic heterocycles. The standard InChI is InChI=1S/C46H39N4O.Pt/c1-45(2,3)32-22-24-47-44(25-32)50-40-16-7-6-15-38(40)36-13-4-5-14-37(36)39-20-19-35(27-43(39)50)51-34-12-10-11-33(26-34)48-30-49(42-18-9-8-17-41(42)48)46-23-21-31(28-46)29-46;/h4-20,22,24-25,30-31H,21,23,28-29H2,1-3H3;/q-3;. The summed E-state index contributed by atoms with van der Waals surface area (Å²) in [6.45, 7) is 9.01. The van der Waals surface area contributed by atoms with Crippen LogP contribution in [-0.2, 0) is 26.5 Å². The van der Waals surface area contributed by atoms with E-state index in [1.165, 1.54) is 48.2 Å². The molecule has 0 amide bonds. The Morgan fingerprint density at radius 3 is 2.17 bits per heavy atom. The van der Waals surface area contributed by atoms with Gasteiger partial charge in [-0.05, 0) is 78.5 Å². The van der Waals surface area contributed by atoms with Gasteiger partial charge in [-0.15, -0.1) is 41.6 Å². The van der Waals surface area contributed by atoms with E-state index in [9.17, 15) is 0 Å². The summed E-state index contributed by atoms with van der Waals surface area (Å²) in [4.78, 5) is 12.0. The van der Waals surface area contributed by atoms with Gasteiger partial charge < -0.3 is 19.4 Å². The molecule has 52 heavy (non-hydrogen) atoms. The van der Waals surface area contributed by atoms with Gasteiger partial charge in [0.2, 0.25) is 0 Å². The zero-order chi connectivity index (χ0) is 34.3. The van der Waals surface area contributed by atoms with Crippen LogP contribution in [-0.4, -0.2) is 10.5 Å². The number of anilines is 6. The van der Waals surface area contributed by atoms with Crippen LogP contribution in [0.4, 0.5) is 34.3 Å². The van der Waals surface area contributed by atoms with Crippen LogP contribution in [0.1, 0.15) is 52.0 Å². The molecule has 3 fully saturated rings. The van der Waals surface area contributed by atoms with Gasteiger partial charge in [-0.1, -0.05) is 86.6 Å². The number of pyridine rings is 1.